The first kappa shape index (κ1) is 19.8. The minimum atomic E-state index is -4.32. The molecule has 0 bridgehead atoms. The van der Waals surface area contributed by atoms with Crippen molar-refractivity contribution >= 4 is 11.9 Å². The minimum Gasteiger partial charge on any atom is -0.356 e. The summed E-state index contributed by atoms with van der Waals surface area (Å²) in [5.74, 6) is 0.344. The van der Waals surface area contributed by atoms with Gasteiger partial charge in [0.1, 0.15) is 0 Å². The maximum absolute atomic E-state index is 12.5. The van der Waals surface area contributed by atoms with Crippen molar-refractivity contribution in [3.05, 3.63) is 35.4 Å². The first-order valence-electron chi connectivity index (χ1n) is 7.74. The van der Waals surface area contributed by atoms with E-state index in [0.29, 0.717) is 25.5 Å². The SMILES string of the molecule is CCCNC(=O)CNC(=NC)NCCc1ccc(C(F)(F)F)cc1. The number of rotatable bonds is 7. The summed E-state index contributed by atoms with van der Waals surface area (Å²) in [6, 6.07) is 5.05. The van der Waals surface area contributed by atoms with Gasteiger partial charge in [0.25, 0.3) is 0 Å². The Hall–Kier alpha value is -2.25. The first-order valence-corrected chi connectivity index (χ1v) is 7.74. The van der Waals surface area contributed by atoms with Crippen LogP contribution in [0.25, 0.3) is 0 Å². The van der Waals surface area contributed by atoms with Gasteiger partial charge in [-0.05, 0) is 30.5 Å². The highest BCUT2D eigenvalue weighted by Crippen LogP contribution is 2.29. The monoisotopic (exact) mass is 344 g/mol. The van der Waals surface area contributed by atoms with E-state index in [0.717, 1.165) is 24.1 Å². The molecule has 1 amide bonds. The maximum atomic E-state index is 12.5. The molecule has 0 heterocycles. The van der Waals surface area contributed by atoms with Crippen LogP contribution >= 0.6 is 0 Å². The van der Waals surface area contributed by atoms with Gasteiger partial charge in [-0.15, -0.1) is 0 Å². The summed E-state index contributed by atoms with van der Waals surface area (Å²) in [5.41, 5.74) is 0.126. The second kappa shape index (κ2) is 9.79. The van der Waals surface area contributed by atoms with Crippen LogP contribution in [0.15, 0.2) is 29.3 Å². The number of carbonyl (C=O) groups is 1. The molecule has 5 nitrogen and oxygen atoms in total. The summed E-state index contributed by atoms with van der Waals surface area (Å²) in [6.07, 6.45) is -2.91. The van der Waals surface area contributed by atoms with Crippen LogP contribution in [0, 0.1) is 0 Å². The van der Waals surface area contributed by atoms with Crippen LogP contribution in [0.5, 0.6) is 0 Å². The number of nitrogens with one attached hydrogen (secondary N) is 3. The fourth-order valence-corrected chi connectivity index (χ4v) is 1.90. The Bertz CT molecular complexity index is 541. The number of hydrogen-bond acceptors (Lipinski definition) is 2. The van der Waals surface area contributed by atoms with E-state index in [9.17, 15) is 18.0 Å². The van der Waals surface area contributed by atoms with Crippen LogP contribution in [0.2, 0.25) is 0 Å². The van der Waals surface area contributed by atoms with Gasteiger partial charge < -0.3 is 16.0 Å². The van der Waals surface area contributed by atoms with Crippen LogP contribution < -0.4 is 16.0 Å². The summed E-state index contributed by atoms with van der Waals surface area (Å²) in [5, 5.41) is 8.62. The molecule has 134 valence electrons. The topological polar surface area (TPSA) is 65.5 Å². The van der Waals surface area contributed by atoms with E-state index in [1.165, 1.54) is 12.1 Å². The smallest absolute Gasteiger partial charge is 0.356 e. The third-order valence-corrected chi connectivity index (χ3v) is 3.20. The maximum Gasteiger partial charge on any atom is 0.416 e. The minimum absolute atomic E-state index is 0.111. The molecule has 0 saturated heterocycles. The van der Waals surface area contributed by atoms with E-state index in [4.69, 9.17) is 0 Å². The largest absolute Gasteiger partial charge is 0.416 e. The van der Waals surface area contributed by atoms with Crippen LogP contribution in [0.4, 0.5) is 13.2 Å². The lowest BCUT2D eigenvalue weighted by molar-refractivity contribution is -0.137. The second-order valence-electron chi connectivity index (χ2n) is 5.15. The quantitative estimate of drug-likeness (QED) is 0.523. The Balaban J connectivity index is 2.35. The molecule has 1 aromatic rings. The lowest BCUT2D eigenvalue weighted by Crippen LogP contribution is -2.43. The summed E-state index contributed by atoms with van der Waals surface area (Å²) in [4.78, 5) is 15.5. The number of amides is 1. The zero-order valence-corrected chi connectivity index (χ0v) is 13.8. The third kappa shape index (κ3) is 7.34. The highest BCUT2D eigenvalue weighted by molar-refractivity contribution is 5.86. The molecule has 8 heteroatoms. The molecule has 0 spiro atoms. The molecular formula is C16H23F3N4O. The molecule has 1 aromatic carbocycles. The summed E-state index contributed by atoms with van der Waals surface area (Å²) < 4.78 is 37.4. The van der Waals surface area contributed by atoms with Gasteiger partial charge >= 0.3 is 6.18 Å². The van der Waals surface area contributed by atoms with Gasteiger partial charge in [-0.25, -0.2) is 0 Å². The van der Waals surface area contributed by atoms with Crippen LogP contribution in [0.3, 0.4) is 0 Å². The fraction of sp³-hybridized carbons (Fsp3) is 0.500. The molecular weight excluding hydrogens is 321 g/mol. The number of hydrogen-bond donors (Lipinski definition) is 3. The van der Waals surface area contributed by atoms with Crippen molar-refractivity contribution in [1.29, 1.82) is 0 Å². The van der Waals surface area contributed by atoms with E-state index in [-0.39, 0.29) is 12.5 Å². The Kier molecular flexibility index (Phi) is 8.08. The number of guanidine groups is 1. The molecule has 24 heavy (non-hydrogen) atoms. The zero-order chi connectivity index (χ0) is 18.0. The molecule has 0 saturated carbocycles. The molecule has 0 radical (unpaired) electrons. The lowest BCUT2D eigenvalue weighted by Gasteiger charge is -2.12. The standard InChI is InChI=1S/C16H23F3N4O/c1-3-9-21-14(24)11-23-15(20-2)22-10-8-12-4-6-13(7-5-12)16(17,18)19/h4-7H,3,8-11H2,1-2H3,(H,21,24)(H2,20,22,23). The first-order chi connectivity index (χ1) is 11.4. The number of carbonyl (C=O) groups excluding carboxylic acids is 1. The number of nitrogens with zero attached hydrogens (tertiary/aromatic N) is 1. The molecule has 0 aromatic heterocycles. The predicted molar refractivity (Wildman–Crippen MR) is 87.8 cm³/mol. The molecule has 3 N–H and O–H groups in total. The van der Waals surface area contributed by atoms with Gasteiger partial charge in [-0.2, -0.15) is 13.2 Å². The Morgan fingerprint density at radius 3 is 2.29 bits per heavy atom. The normalized spacial score (nSPS) is 12.0. The number of aliphatic imine (C=N–C) groups is 1. The second-order valence-corrected chi connectivity index (χ2v) is 5.15. The van der Waals surface area contributed by atoms with E-state index in [2.05, 4.69) is 20.9 Å². The van der Waals surface area contributed by atoms with Crippen LogP contribution in [-0.2, 0) is 17.4 Å². The number of benzene rings is 1. The highest BCUT2D eigenvalue weighted by Gasteiger charge is 2.29. The summed E-state index contributed by atoms with van der Waals surface area (Å²) >= 11 is 0. The highest BCUT2D eigenvalue weighted by atomic mass is 19.4. The molecule has 0 atom stereocenters. The third-order valence-electron chi connectivity index (χ3n) is 3.20. The van der Waals surface area contributed by atoms with Crippen molar-refractivity contribution in [2.45, 2.75) is 25.9 Å². The summed E-state index contributed by atoms with van der Waals surface area (Å²) in [6.45, 7) is 3.19. The zero-order valence-electron chi connectivity index (χ0n) is 13.8. The Labute approximate surface area is 139 Å². The molecule has 0 aliphatic rings. The Morgan fingerprint density at radius 2 is 1.75 bits per heavy atom. The molecule has 0 unspecified atom stereocenters. The van der Waals surface area contributed by atoms with Crippen molar-refractivity contribution in [2.24, 2.45) is 4.99 Å². The predicted octanol–water partition coefficient (Wildman–Crippen LogP) is 1.94. The molecule has 0 aliphatic heterocycles. The van der Waals surface area contributed by atoms with Crippen molar-refractivity contribution in [3.8, 4) is 0 Å². The van der Waals surface area contributed by atoms with Crippen molar-refractivity contribution in [1.82, 2.24) is 16.0 Å². The van der Waals surface area contributed by atoms with Gasteiger partial charge in [0.15, 0.2) is 5.96 Å². The van der Waals surface area contributed by atoms with Gasteiger partial charge in [-0.3, -0.25) is 9.79 Å². The Morgan fingerprint density at radius 1 is 1.08 bits per heavy atom. The van der Waals surface area contributed by atoms with Crippen molar-refractivity contribution in [3.63, 3.8) is 0 Å². The van der Waals surface area contributed by atoms with Crippen molar-refractivity contribution in [2.75, 3.05) is 26.7 Å². The van der Waals surface area contributed by atoms with Crippen LogP contribution in [-0.4, -0.2) is 38.5 Å². The van der Waals surface area contributed by atoms with E-state index >= 15 is 0 Å². The molecule has 1 rings (SSSR count). The van der Waals surface area contributed by atoms with Crippen molar-refractivity contribution < 1.29 is 18.0 Å². The summed E-state index contributed by atoms with van der Waals surface area (Å²) in [7, 11) is 1.58. The molecule has 0 aliphatic carbocycles. The van der Waals surface area contributed by atoms with E-state index in [1.54, 1.807) is 7.05 Å². The van der Waals surface area contributed by atoms with E-state index in [1.807, 2.05) is 6.92 Å². The fourth-order valence-electron chi connectivity index (χ4n) is 1.90. The average molecular weight is 344 g/mol. The number of halogens is 3. The number of alkyl halides is 3. The van der Waals surface area contributed by atoms with Gasteiger partial charge in [0.2, 0.25) is 5.91 Å². The van der Waals surface area contributed by atoms with Gasteiger partial charge in [0.05, 0.1) is 12.1 Å². The van der Waals surface area contributed by atoms with Gasteiger partial charge in [-0.1, -0.05) is 19.1 Å². The average Bonchev–Trinajstić information content (AvgIpc) is 2.55. The van der Waals surface area contributed by atoms with Gasteiger partial charge in [0, 0.05) is 20.1 Å². The van der Waals surface area contributed by atoms with E-state index < -0.39 is 11.7 Å². The molecule has 0 fully saturated rings. The lowest BCUT2D eigenvalue weighted by atomic mass is 10.1. The van der Waals surface area contributed by atoms with Crippen LogP contribution in [0.1, 0.15) is 24.5 Å².